The maximum atomic E-state index is 11.5. The predicted octanol–water partition coefficient (Wildman–Crippen LogP) is 1.37. The van der Waals surface area contributed by atoms with Crippen LogP contribution in [0, 0.1) is 0 Å². The molecular formula is C11H15N3O2S. The molecule has 0 spiro atoms. The Bertz CT molecular complexity index is 419. The minimum Gasteiger partial charge on any atom is -0.465 e. The molecule has 92 valence electrons. The number of anilines is 2. The van der Waals surface area contributed by atoms with Gasteiger partial charge in [-0.2, -0.15) is 11.8 Å². The van der Waals surface area contributed by atoms with Crippen molar-refractivity contribution in [1.82, 2.24) is 4.98 Å². The third-order valence-corrected chi connectivity index (χ3v) is 3.83. The third-order valence-electron chi connectivity index (χ3n) is 2.67. The largest absolute Gasteiger partial charge is 0.465 e. The first-order valence-corrected chi connectivity index (χ1v) is 6.55. The fourth-order valence-corrected chi connectivity index (χ4v) is 2.87. The Morgan fingerprint density at radius 3 is 3.18 bits per heavy atom. The quantitative estimate of drug-likeness (QED) is 0.792. The Morgan fingerprint density at radius 1 is 1.71 bits per heavy atom. The van der Waals surface area contributed by atoms with Crippen molar-refractivity contribution in [2.45, 2.75) is 12.5 Å². The van der Waals surface area contributed by atoms with Crippen molar-refractivity contribution in [3.05, 3.63) is 17.8 Å². The molecule has 1 aliphatic rings. The molecule has 0 amide bonds. The van der Waals surface area contributed by atoms with Crippen LogP contribution in [-0.4, -0.2) is 35.6 Å². The lowest BCUT2D eigenvalue weighted by molar-refractivity contribution is 0.0602. The fraction of sp³-hybridized carbons (Fsp3) is 0.455. The molecule has 0 aliphatic carbocycles. The van der Waals surface area contributed by atoms with E-state index in [-0.39, 0.29) is 0 Å². The van der Waals surface area contributed by atoms with Crippen molar-refractivity contribution in [1.29, 1.82) is 0 Å². The molecule has 5 nitrogen and oxygen atoms in total. The molecule has 0 saturated carbocycles. The number of thioether (sulfide) groups is 1. The Hall–Kier alpha value is -1.43. The molecule has 17 heavy (non-hydrogen) atoms. The number of carbonyl (C=O) groups excluding carboxylic acids is 1. The minimum atomic E-state index is -0.436. The predicted molar refractivity (Wildman–Crippen MR) is 69.3 cm³/mol. The van der Waals surface area contributed by atoms with Crippen LogP contribution >= 0.6 is 11.8 Å². The summed E-state index contributed by atoms with van der Waals surface area (Å²) in [6, 6.07) is 1.94. The number of nitrogens with one attached hydrogen (secondary N) is 1. The zero-order chi connectivity index (χ0) is 12.3. The van der Waals surface area contributed by atoms with Gasteiger partial charge in [-0.3, -0.25) is 0 Å². The molecular weight excluding hydrogens is 238 g/mol. The first kappa shape index (κ1) is 12.0. The van der Waals surface area contributed by atoms with E-state index in [0.717, 1.165) is 17.9 Å². The summed E-state index contributed by atoms with van der Waals surface area (Å²) in [6.45, 7) is 0. The second kappa shape index (κ2) is 5.27. The molecule has 1 fully saturated rings. The molecule has 1 aromatic rings. The van der Waals surface area contributed by atoms with Crippen LogP contribution in [0.3, 0.4) is 0 Å². The number of hydrogen-bond donors (Lipinski definition) is 2. The normalized spacial score (nSPS) is 19.0. The van der Waals surface area contributed by atoms with Crippen LogP contribution in [0.15, 0.2) is 12.3 Å². The zero-order valence-electron chi connectivity index (χ0n) is 9.60. The minimum absolute atomic E-state index is 0.357. The van der Waals surface area contributed by atoms with E-state index in [0.29, 0.717) is 23.1 Å². The summed E-state index contributed by atoms with van der Waals surface area (Å²) in [5.74, 6) is 2.33. The average molecular weight is 253 g/mol. The number of methoxy groups -OCH3 is 1. The Labute approximate surface area is 104 Å². The molecule has 6 heteroatoms. The SMILES string of the molecule is COC(=O)c1ccnc(NC2CCSC2)c1N. The monoisotopic (exact) mass is 253 g/mol. The van der Waals surface area contributed by atoms with Gasteiger partial charge in [-0.15, -0.1) is 0 Å². The van der Waals surface area contributed by atoms with Crippen molar-refractivity contribution in [3.63, 3.8) is 0 Å². The van der Waals surface area contributed by atoms with Crippen LogP contribution in [-0.2, 0) is 4.74 Å². The van der Waals surface area contributed by atoms with Gasteiger partial charge in [0.15, 0.2) is 0 Å². The highest BCUT2D eigenvalue weighted by Gasteiger charge is 2.19. The maximum absolute atomic E-state index is 11.5. The Balaban J connectivity index is 2.19. The number of carbonyl (C=O) groups is 1. The molecule has 0 radical (unpaired) electrons. The van der Waals surface area contributed by atoms with E-state index in [9.17, 15) is 4.79 Å². The molecule has 3 N–H and O–H groups in total. The molecule has 1 atom stereocenters. The van der Waals surface area contributed by atoms with Crippen LogP contribution in [0.1, 0.15) is 16.8 Å². The van der Waals surface area contributed by atoms with Crippen LogP contribution in [0.25, 0.3) is 0 Å². The topological polar surface area (TPSA) is 77.2 Å². The van der Waals surface area contributed by atoms with E-state index in [4.69, 9.17) is 5.73 Å². The number of nitrogen functional groups attached to an aromatic ring is 1. The molecule has 1 unspecified atom stereocenters. The van der Waals surface area contributed by atoms with Crippen molar-refractivity contribution >= 4 is 29.2 Å². The summed E-state index contributed by atoms with van der Waals surface area (Å²) < 4.78 is 4.66. The molecule has 1 saturated heterocycles. The lowest BCUT2D eigenvalue weighted by atomic mass is 10.2. The lowest BCUT2D eigenvalue weighted by Crippen LogP contribution is -2.20. The van der Waals surface area contributed by atoms with Crippen LogP contribution in [0.5, 0.6) is 0 Å². The summed E-state index contributed by atoms with van der Waals surface area (Å²) >= 11 is 1.90. The number of aromatic nitrogens is 1. The number of nitrogens with zero attached hydrogens (tertiary/aromatic N) is 1. The first-order valence-electron chi connectivity index (χ1n) is 5.39. The van der Waals surface area contributed by atoms with Gasteiger partial charge in [0.2, 0.25) is 0 Å². The summed E-state index contributed by atoms with van der Waals surface area (Å²) in [6.07, 6.45) is 2.65. The maximum Gasteiger partial charge on any atom is 0.340 e. The summed E-state index contributed by atoms with van der Waals surface area (Å²) in [5, 5.41) is 3.26. The van der Waals surface area contributed by atoms with Gasteiger partial charge >= 0.3 is 5.97 Å². The van der Waals surface area contributed by atoms with Crippen molar-refractivity contribution in [3.8, 4) is 0 Å². The Kier molecular flexibility index (Phi) is 3.73. The van der Waals surface area contributed by atoms with Crippen molar-refractivity contribution in [2.24, 2.45) is 0 Å². The first-order chi connectivity index (χ1) is 8.22. The van der Waals surface area contributed by atoms with Gasteiger partial charge in [-0.05, 0) is 18.2 Å². The number of rotatable bonds is 3. The van der Waals surface area contributed by atoms with Crippen LogP contribution < -0.4 is 11.1 Å². The summed E-state index contributed by atoms with van der Waals surface area (Å²) in [4.78, 5) is 15.6. The summed E-state index contributed by atoms with van der Waals surface area (Å²) in [5.41, 5.74) is 6.62. The van der Waals surface area contributed by atoms with Gasteiger partial charge in [0.25, 0.3) is 0 Å². The van der Waals surface area contributed by atoms with Gasteiger partial charge in [0.05, 0.1) is 18.4 Å². The summed E-state index contributed by atoms with van der Waals surface area (Å²) in [7, 11) is 1.34. The Morgan fingerprint density at radius 2 is 2.53 bits per heavy atom. The number of nitrogens with two attached hydrogens (primary N) is 1. The van der Waals surface area contributed by atoms with E-state index in [1.807, 2.05) is 11.8 Å². The van der Waals surface area contributed by atoms with Gasteiger partial charge in [0, 0.05) is 18.0 Å². The second-order valence-electron chi connectivity index (χ2n) is 3.82. The van der Waals surface area contributed by atoms with Crippen LogP contribution in [0.2, 0.25) is 0 Å². The van der Waals surface area contributed by atoms with Crippen molar-refractivity contribution < 1.29 is 9.53 Å². The standard InChI is InChI=1S/C11H15N3O2S/c1-16-11(15)8-2-4-13-10(9(8)12)14-7-3-5-17-6-7/h2,4,7H,3,5-6,12H2,1H3,(H,13,14). The van der Waals surface area contributed by atoms with E-state index < -0.39 is 5.97 Å². The highest BCUT2D eigenvalue weighted by atomic mass is 32.2. The van der Waals surface area contributed by atoms with Gasteiger partial charge in [0.1, 0.15) is 5.82 Å². The highest BCUT2D eigenvalue weighted by molar-refractivity contribution is 7.99. The number of hydrogen-bond acceptors (Lipinski definition) is 6. The van der Waals surface area contributed by atoms with E-state index in [2.05, 4.69) is 15.0 Å². The second-order valence-corrected chi connectivity index (χ2v) is 4.97. The molecule has 0 aromatic carbocycles. The zero-order valence-corrected chi connectivity index (χ0v) is 10.4. The third kappa shape index (κ3) is 2.63. The van der Waals surface area contributed by atoms with E-state index >= 15 is 0 Å². The number of ether oxygens (including phenoxy) is 1. The number of pyridine rings is 1. The lowest BCUT2D eigenvalue weighted by Gasteiger charge is -2.15. The average Bonchev–Trinajstić information content (AvgIpc) is 2.84. The van der Waals surface area contributed by atoms with E-state index in [1.54, 1.807) is 12.3 Å². The smallest absolute Gasteiger partial charge is 0.340 e. The molecule has 0 bridgehead atoms. The van der Waals surface area contributed by atoms with Crippen LogP contribution in [0.4, 0.5) is 11.5 Å². The number of esters is 1. The fourth-order valence-electron chi connectivity index (χ4n) is 1.72. The van der Waals surface area contributed by atoms with Gasteiger partial charge < -0.3 is 15.8 Å². The van der Waals surface area contributed by atoms with E-state index in [1.165, 1.54) is 7.11 Å². The highest BCUT2D eigenvalue weighted by Crippen LogP contribution is 2.25. The van der Waals surface area contributed by atoms with Gasteiger partial charge in [-0.1, -0.05) is 0 Å². The molecule has 2 rings (SSSR count). The van der Waals surface area contributed by atoms with Gasteiger partial charge in [-0.25, -0.2) is 9.78 Å². The molecule has 2 heterocycles. The molecule has 1 aromatic heterocycles. The van der Waals surface area contributed by atoms with Crippen molar-refractivity contribution in [2.75, 3.05) is 29.7 Å². The molecule has 1 aliphatic heterocycles.